The summed E-state index contributed by atoms with van der Waals surface area (Å²) in [6, 6.07) is 14.7. The Morgan fingerprint density at radius 2 is 1.13 bits per heavy atom. The molecule has 3 aromatic rings. The molecular formula is C45H60CoN4O4. The smallest absolute Gasteiger partial charge is 0.300 e. The average molecular weight is 780 g/mol. The van der Waals surface area contributed by atoms with Gasteiger partial charge in [0.05, 0.1) is 12.6 Å². The van der Waals surface area contributed by atoms with Crippen LogP contribution in [0.25, 0.3) is 0 Å². The molecule has 0 saturated carbocycles. The van der Waals surface area contributed by atoms with Crippen LogP contribution < -0.4 is 9.80 Å². The molecule has 1 radical (unpaired) electrons. The molecule has 0 bridgehead atoms. The Balaban J connectivity index is 0.00000107. The summed E-state index contributed by atoms with van der Waals surface area (Å²) in [6.45, 7) is 24.0. The van der Waals surface area contributed by atoms with Gasteiger partial charge in [0.2, 0.25) is 0 Å². The first kappa shape index (κ1) is 41.3. The van der Waals surface area contributed by atoms with Crippen molar-refractivity contribution < 1.29 is 36.9 Å². The van der Waals surface area contributed by atoms with Gasteiger partial charge < -0.3 is 25.1 Å². The number of phenols is 2. The van der Waals surface area contributed by atoms with Crippen LogP contribution in [0.1, 0.15) is 127 Å². The molecule has 0 fully saturated rings. The molecule has 0 spiro atoms. The Hall–Kier alpha value is -3.82. The number of aliphatic carboxylic acids is 1. The van der Waals surface area contributed by atoms with E-state index in [9.17, 15) is 10.2 Å². The van der Waals surface area contributed by atoms with E-state index in [2.05, 4.69) is 102 Å². The van der Waals surface area contributed by atoms with Crippen molar-refractivity contribution in [3.8, 4) is 11.5 Å². The zero-order valence-electron chi connectivity index (χ0n) is 33.7. The molecule has 54 heavy (non-hydrogen) atoms. The summed E-state index contributed by atoms with van der Waals surface area (Å²) in [5, 5.41) is 31.0. The molecule has 1 unspecified atom stereocenters. The Bertz CT molecular complexity index is 1920. The van der Waals surface area contributed by atoms with Crippen LogP contribution in [0.5, 0.6) is 11.5 Å². The molecule has 3 N–H and O–H groups in total. The number of phenolic OH excluding ortho intramolecular Hbond substituents is 2. The van der Waals surface area contributed by atoms with Gasteiger partial charge in [0, 0.05) is 95.9 Å². The zero-order chi connectivity index (χ0) is 38.5. The van der Waals surface area contributed by atoms with Gasteiger partial charge >= 0.3 is 0 Å². The summed E-state index contributed by atoms with van der Waals surface area (Å²) in [5.41, 5.74) is 9.86. The molecule has 4 aliphatic rings. The molecule has 0 saturated heterocycles. The zero-order valence-corrected chi connectivity index (χ0v) is 34.8. The number of benzene rings is 3. The van der Waals surface area contributed by atoms with E-state index in [-0.39, 0.29) is 44.5 Å². The van der Waals surface area contributed by atoms with Crippen LogP contribution in [0.4, 0.5) is 11.4 Å². The predicted molar refractivity (Wildman–Crippen MR) is 219 cm³/mol. The van der Waals surface area contributed by atoms with Crippen molar-refractivity contribution in [1.82, 2.24) is 0 Å². The third-order valence-electron chi connectivity index (χ3n) is 12.4. The van der Waals surface area contributed by atoms with Crippen molar-refractivity contribution >= 4 is 29.8 Å². The van der Waals surface area contributed by atoms with Crippen LogP contribution >= 0.6 is 0 Å². The fourth-order valence-corrected chi connectivity index (χ4v) is 8.89. The number of carboxylic acid groups (broad SMARTS) is 1. The van der Waals surface area contributed by atoms with Crippen LogP contribution in [0.3, 0.4) is 0 Å². The van der Waals surface area contributed by atoms with Crippen LogP contribution in [0.15, 0.2) is 52.4 Å². The van der Waals surface area contributed by atoms with Gasteiger partial charge in [-0.2, -0.15) is 0 Å². The monoisotopic (exact) mass is 779 g/mol. The second-order valence-electron chi connectivity index (χ2n) is 18.3. The Labute approximate surface area is 333 Å². The third kappa shape index (κ3) is 8.08. The van der Waals surface area contributed by atoms with E-state index in [1.165, 1.54) is 28.1 Å². The number of nitrogens with zero attached hydrogens (tertiary/aromatic N) is 4. The molecule has 7 rings (SSSR count). The summed E-state index contributed by atoms with van der Waals surface area (Å²) in [5.74, 6) is -0.102. The molecule has 0 amide bonds. The van der Waals surface area contributed by atoms with Crippen molar-refractivity contribution in [3.05, 3.63) is 81.4 Å². The topological polar surface area (TPSA) is 109 Å². The van der Waals surface area contributed by atoms with Gasteiger partial charge in [0.1, 0.15) is 11.5 Å². The molecule has 0 aliphatic carbocycles. The Morgan fingerprint density at radius 3 is 1.57 bits per heavy atom. The second-order valence-corrected chi connectivity index (χ2v) is 18.3. The van der Waals surface area contributed by atoms with E-state index < -0.39 is 5.97 Å². The SMILES string of the molecule is CC(=O)O.CC1(C)CCN2CCC(C)(C)c3c(O)c(C=NCC(Cc4ccccc4)N=Cc4cc5c6c(c4O)C(C)(C)CCN6CCC5(C)C)cc1c32.[Co]. The number of aliphatic imine (C=N–C) groups is 2. The van der Waals surface area contributed by atoms with E-state index in [1.54, 1.807) is 0 Å². The normalized spacial score (nSPS) is 20.3. The summed E-state index contributed by atoms with van der Waals surface area (Å²) >= 11 is 0. The molecule has 3 aromatic carbocycles. The fourth-order valence-electron chi connectivity index (χ4n) is 8.89. The van der Waals surface area contributed by atoms with Crippen LogP contribution in [-0.2, 0) is 49.7 Å². The van der Waals surface area contributed by atoms with Crippen molar-refractivity contribution in [2.45, 2.75) is 122 Å². The molecule has 0 aromatic heterocycles. The standard InChI is InChI=1S/C43H56N4O2.C2H4O2.Co/c1-40(2)14-18-46-20-16-42(5,6)34-36(46)32(40)23-29(38(34)48)25-44-27-31(22-28-12-10-9-11-13-28)45-26-30-24-33-37-35(39(30)49)43(7,8)17-21-47(37)19-15-41(33,3)4;1-2(3)4;/h9-13,23-26,31,48-49H,14-22,27H2,1-8H3;1H3,(H,3,4);. The van der Waals surface area contributed by atoms with Gasteiger partial charge in [-0.3, -0.25) is 14.8 Å². The van der Waals surface area contributed by atoms with E-state index >= 15 is 0 Å². The van der Waals surface area contributed by atoms with Crippen LogP contribution in [0.2, 0.25) is 0 Å². The summed E-state index contributed by atoms with van der Waals surface area (Å²) in [7, 11) is 0. The van der Waals surface area contributed by atoms with Gasteiger partial charge in [-0.25, -0.2) is 0 Å². The van der Waals surface area contributed by atoms with E-state index in [1.807, 2.05) is 18.5 Å². The average Bonchev–Trinajstić information content (AvgIpc) is 3.06. The van der Waals surface area contributed by atoms with Crippen molar-refractivity contribution in [2.24, 2.45) is 9.98 Å². The van der Waals surface area contributed by atoms with Crippen molar-refractivity contribution in [1.29, 1.82) is 0 Å². The van der Waals surface area contributed by atoms with Gasteiger partial charge in [0.15, 0.2) is 0 Å². The van der Waals surface area contributed by atoms with Gasteiger partial charge in [-0.05, 0) is 82.6 Å². The van der Waals surface area contributed by atoms with E-state index in [4.69, 9.17) is 19.9 Å². The minimum Gasteiger partial charge on any atom is -0.507 e. The van der Waals surface area contributed by atoms with Crippen molar-refractivity contribution in [3.63, 3.8) is 0 Å². The van der Waals surface area contributed by atoms with Crippen LogP contribution in [-0.4, -0.2) is 72.5 Å². The maximum atomic E-state index is 11.8. The second kappa shape index (κ2) is 15.4. The molecule has 4 heterocycles. The van der Waals surface area contributed by atoms with Crippen LogP contribution in [0, 0.1) is 0 Å². The number of carboxylic acids is 1. The molecule has 8 nitrogen and oxygen atoms in total. The molecule has 4 aliphatic heterocycles. The summed E-state index contributed by atoms with van der Waals surface area (Å²) < 4.78 is 0. The Kier molecular flexibility index (Phi) is 11.8. The summed E-state index contributed by atoms with van der Waals surface area (Å²) in [6.07, 6.45) is 8.73. The van der Waals surface area contributed by atoms with Gasteiger partial charge in [0.25, 0.3) is 5.97 Å². The number of aromatic hydroxyl groups is 2. The third-order valence-corrected chi connectivity index (χ3v) is 12.4. The van der Waals surface area contributed by atoms with Gasteiger partial charge in [-0.15, -0.1) is 0 Å². The maximum absolute atomic E-state index is 11.8. The largest absolute Gasteiger partial charge is 0.507 e. The molecule has 293 valence electrons. The Morgan fingerprint density at radius 1 is 0.722 bits per heavy atom. The fraction of sp³-hybridized carbons (Fsp3) is 0.533. The van der Waals surface area contributed by atoms with E-state index in [0.29, 0.717) is 18.0 Å². The molecular weight excluding hydrogens is 719 g/mol. The number of hydrogen-bond acceptors (Lipinski definition) is 7. The van der Waals surface area contributed by atoms with Gasteiger partial charge in [-0.1, -0.05) is 85.7 Å². The number of carbonyl (C=O) groups is 1. The number of rotatable bonds is 7. The van der Waals surface area contributed by atoms with Crippen molar-refractivity contribution in [2.75, 3.05) is 42.5 Å². The molecule has 9 heteroatoms. The minimum absolute atomic E-state index is 0. The predicted octanol–water partition coefficient (Wildman–Crippen LogP) is 8.67. The number of hydrogen-bond donors (Lipinski definition) is 3. The summed E-state index contributed by atoms with van der Waals surface area (Å²) in [4.78, 5) is 24.1. The molecule has 1 atom stereocenters. The first-order valence-corrected chi connectivity index (χ1v) is 19.4. The maximum Gasteiger partial charge on any atom is 0.300 e. The van der Waals surface area contributed by atoms with E-state index in [0.717, 1.165) is 87.5 Å². The minimum atomic E-state index is -0.833. The first-order chi connectivity index (χ1) is 24.8. The number of anilines is 2. The quantitative estimate of drug-likeness (QED) is 0.207. The first-order valence-electron chi connectivity index (χ1n) is 19.4.